The number of anilines is 1. The number of carboxylic acid groups (broad SMARTS) is 1. The average Bonchev–Trinajstić information content (AvgIpc) is 3.56. The van der Waals surface area contributed by atoms with Gasteiger partial charge in [-0.25, -0.2) is 9.59 Å². The molecule has 0 amide bonds. The lowest BCUT2D eigenvalue weighted by molar-refractivity contribution is -0.137. The lowest BCUT2D eigenvalue weighted by Crippen LogP contribution is -2.32. The summed E-state index contributed by atoms with van der Waals surface area (Å²) in [7, 11) is 3.73. The first kappa shape index (κ1) is 22.8. The first-order valence-electron chi connectivity index (χ1n) is 11.0. The van der Waals surface area contributed by atoms with Crippen LogP contribution < -0.4 is 10.6 Å². The molecule has 35 heavy (non-hydrogen) atoms. The minimum Gasteiger partial charge on any atom is -0.478 e. The zero-order chi connectivity index (χ0) is 25.1. The molecule has 180 valence electrons. The van der Waals surface area contributed by atoms with Crippen LogP contribution in [0, 0.1) is 0 Å². The van der Waals surface area contributed by atoms with E-state index in [4.69, 9.17) is 0 Å². The molecule has 0 saturated heterocycles. The molecule has 6 nitrogen and oxygen atoms in total. The van der Waals surface area contributed by atoms with Crippen LogP contribution in [0.25, 0.3) is 16.7 Å². The molecule has 0 atom stereocenters. The molecule has 0 spiro atoms. The van der Waals surface area contributed by atoms with Crippen molar-refractivity contribution < 1.29 is 23.1 Å². The summed E-state index contributed by atoms with van der Waals surface area (Å²) >= 11 is 0. The van der Waals surface area contributed by atoms with Crippen LogP contribution in [-0.2, 0) is 11.7 Å². The van der Waals surface area contributed by atoms with Crippen molar-refractivity contribution in [1.82, 2.24) is 9.13 Å². The van der Waals surface area contributed by atoms with Gasteiger partial charge < -0.3 is 10.0 Å². The van der Waals surface area contributed by atoms with E-state index in [1.807, 2.05) is 19.0 Å². The monoisotopic (exact) mass is 481 g/mol. The number of imidazole rings is 1. The molecule has 1 saturated carbocycles. The zero-order valence-corrected chi connectivity index (χ0v) is 19.0. The number of aromatic carboxylic acids is 1. The molecule has 0 radical (unpaired) electrons. The largest absolute Gasteiger partial charge is 0.478 e. The van der Waals surface area contributed by atoms with Gasteiger partial charge in [0.2, 0.25) is 0 Å². The van der Waals surface area contributed by atoms with Crippen molar-refractivity contribution in [3.63, 3.8) is 0 Å². The molecule has 1 aliphatic rings. The van der Waals surface area contributed by atoms with Crippen molar-refractivity contribution in [2.45, 2.75) is 24.6 Å². The van der Waals surface area contributed by atoms with E-state index in [0.29, 0.717) is 29.6 Å². The average molecular weight is 481 g/mol. The van der Waals surface area contributed by atoms with Crippen LogP contribution >= 0.6 is 0 Å². The number of rotatable bonds is 5. The van der Waals surface area contributed by atoms with Crippen LogP contribution in [-0.4, -0.2) is 34.3 Å². The molecule has 1 aromatic heterocycles. The predicted molar refractivity (Wildman–Crippen MR) is 127 cm³/mol. The van der Waals surface area contributed by atoms with E-state index in [-0.39, 0.29) is 11.1 Å². The molecule has 4 aromatic rings. The molecule has 1 heterocycles. The Hall–Kier alpha value is -4.01. The summed E-state index contributed by atoms with van der Waals surface area (Å²) in [6.45, 7) is 0. The second kappa shape index (κ2) is 7.76. The molecule has 1 N–H and O–H groups in total. The zero-order valence-electron chi connectivity index (χ0n) is 19.0. The number of halogens is 3. The first-order chi connectivity index (χ1) is 16.5. The van der Waals surface area contributed by atoms with E-state index in [0.717, 1.165) is 17.8 Å². The maximum absolute atomic E-state index is 13.9. The number of alkyl halides is 3. The van der Waals surface area contributed by atoms with Crippen molar-refractivity contribution in [3.8, 4) is 5.69 Å². The number of nitrogens with zero attached hydrogens (tertiary/aromatic N) is 3. The Morgan fingerprint density at radius 3 is 2.23 bits per heavy atom. The van der Waals surface area contributed by atoms with Gasteiger partial charge in [-0.15, -0.1) is 0 Å². The molecular formula is C26H22F3N3O3. The first-order valence-corrected chi connectivity index (χ1v) is 11.0. The fourth-order valence-electron chi connectivity index (χ4n) is 4.64. The lowest BCUT2D eigenvalue weighted by Gasteiger charge is -2.19. The molecule has 5 rings (SSSR count). The maximum Gasteiger partial charge on any atom is 0.416 e. The standard InChI is InChI=1S/C26H22F3N3O3/c1-30(2)19-7-9-20(10-8-19)31-22-15-18(26(27,28)29)6-11-21(22)32(24(31)35)25(12-13-25)17-5-3-4-16(14-17)23(33)34/h3-11,14-15H,12-13H2,1-2H3,(H,33,34). The number of benzene rings is 3. The van der Waals surface area contributed by atoms with E-state index < -0.39 is 28.9 Å². The number of aromatic nitrogens is 2. The normalized spacial score (nSPS) is 14.8. The molecule has 0 bridgehead atoms. The van der Waals surface area contributed by atoms with E-state index in [2.05, 4.69) is 0 Å². The highest BCUT2D eigenvalue weighted by Crippen LogP contribution is 2.50. The van der Waals surface area contributed by atoms with E-state index in [1.54, 1.807) is 36.4 Å². The van der Waals surface area contributed by atoms with E-state index in [1.165, 1.54) is 27.3 Å². The van der Waals surface area contributed by atoms with E-state index in [9.17, 15) is 27.9 Å². The summed E-state index contributed by atoms with van der Waals surface area (Å²) < 4.78 is 43.5. The molecule has 0 unspecified atom stereocenters. The Kier molecular flexibility index (Phi) is 5.05. The summed E-state index contributed by atoms with van der Waals surface area (Å²) in [4.78, 5) is 27.3. The van der Waals surface area contributed by atoms with Crippen molar-refractivity contribution in [1.29, 1.82) is 0 Å². The highest BCUT2D eigenvalue weighted by atomic mass is 19.4. The predicted octanol–water partition coefficient (Wildman–Crippen LogP) is 5.11. The molecule has 3 aromatic carbocycles. The molecular weight excluding hydrogens is 459 g/mol. The second-order valence-corrected chi connectivity index (χ2v) is 8.98. The third kappa shape index (κ3) is 3.67. The van der Waals surface area contributed by atoms with Crippen LogP contribution in [0.3, 0.4) is 0 Å². The number of hydrogen-bond acceptors (Lipinski definition) is 3. The SMILES string of the molecule is CN(C)c1ccc(-n2c(=O)n(C3(c4cccc(C(=O)O)c4)CC3)c3ccc(C(F)(F)F)cc32)cc1. The summed E-state index contributed by atoms with van der Waals surface area (Å²) in [5.41, 5.74) is 0.403. The van der Waals surface area contributed by atoms with Gasteiger partial charge in [0.15, 0.2) is 0 Å². The van der Waals surface area contributed by atoms with Gasteiger partial charge in [0.1, 0.15) is 0 Å². The highest BCUT2D eigenvalue weighted by Gasteiger charge is 2.49. The number of carbonyl (C=O) groups is 1. The molecule has 1 aliphatic carbocycles. The lowest BCUT2D eigenvalue weighted by atomic mass is 10.0. The Morgan fingerprint density at radius 2 is 1.66 bits per heavy atom. The van der Waals surface area contributed by atoms with Gasteiger partial charge >= 0.3 is 17.8 Å². The fourth-order valence-corrected chi connectivity index (χ4v) is 4.64. The van der Waals surface area contributed by atoms with Crippen molar-refractivity contribution in [2.24, 2.45) is 0 Å². The molecule has 0 aliphatic heterocycles. The van der Waals surface area contributed by atoms with Gasteiger partial charge in [-0.3, -0.25) is 9.13 Å². The van der Waals surface area contributed by atoms with Crippen molar-refractivity contribution in [3.05, 3.63) is 93.9 Å². The summed E-state index contributed by atoms with van der Waals surface area (Å²) in [5.74, 6) is -1.09. The minimum atomic E-state index is -4.57. The van der Waals surface area contributed by atoms with Gasteiger partial charge in [-0.2, -0.15) is 13.2 Å². The third-order valence-electron chi connectivity index (χ3n) is 6.59. The number of fused-ring (bicyclic) bond motifs is 1. The molecule has 1 fully saturated rings. The minimum absolute atomic E-state index is 0.0872. The second-order valence-electron chi connectivity index (χ2n) is 8.98. The number of carboxylic acids is 1. The third-order valence-corrected chi connectivity index (χ3v) is 6.59. The summed E-state index contributed by atoms with van der Waals surface area (Å²) in [6.07, 6.45) is -3.44. The van der Waals surface area contributed by atoms with Gasteiger partial charge in [0.05, 0.1) is 33.4 Å². The highest BCUT2D eigenvalue weighted by molar-refractivity contribution is 5.88. The Morgan fingerprint density at radius 1 is 0.971 bits per heavy atom. The van der Waals surface area contributed by atoms with Gasteiger partial charge in [-0.05, 0) is 73.0 Å². The van der Waals surface area contributed by atoms with Crippen molar-refractivity contribution in [2.75, 3.05) is 19.0 Å². The quantitative estimate of drug-likeness (QED) is 0.430. The fraction of sp³-hybridized carbons (Fsp3) is 0.231. The van der Waals surface area contributed by atoms with Crippen LogP contribution in [0.2, 0.25) is 0 Å². The van der Waals surface area contributed by atoms with Crippen LogP contribution in [0.5, 0.6) is 0 Å². The Labute approximate surface area is 198 Å². The Balaban J connectivity index is 1.78. The topological polar surface area (TPSA) is 67.5 Å². The van der Waals surface area contributed by atoms with Crippen LogP contribution in [0.1, 0.15) is 34.3 Å². The van der Waals surface area contributed by atoms with Crippen LogP contribution in [0.4, 0.5) is 18.9 Å². The van der Waals surface area contributed by atoms with Crippen molar-refractivity contribution >= 4 is 22.7 Å². The summed E-state index contributed by atoms with van der Waals surface area (Å²) in [5, 5.41) is 9.43. The smallest absolute Gasteiger partial charge is 0.416 e. The molecule has 9 heteroatoms. The Bertz CT molecular complexity index is 1510. The van der Waals surface area contributed by atoms with E-state index >= 15 is 0 Å². The van der Waals surface area contributed by atoms with Crippen LogP contribution in [0.15, 0.2) is 71.5 Å². The maximum atomic E-state index is 13.9. The summed E-state index contributed by atoms with van der Waals surface area (Å²) in [6, 6.07) is 16.6. The van der Waals surface area contributed by atoms with Gasteiger partial charge in [0.25, 0.3) is 0 Å². The van der Waals surface area contributed by atoms with Gasteiger partial charge in [-0.1, -0.05) is 12.1 Å². The number of hydrogen-bond donors (Lipinski definition) is 1. The van der Waals surface area contributed by atoms with Gasteiger partial charge in [0, 0.05) is 19.8 Å².